The third kappa shape index (κ3) is 10.2. The third-order valence-electron chi connectivity index (χ3n) is 2.12. The van der Waals surface area contributed by atoms with E-state index in [1.54, 1.807) is 0 Å². The van der Waals surface area contributed by atoms with Crippen molar-refractivity contribution >= 4 is 0 Å². The van der Waals surface area contributed by atoms with Crippen LogP contribution in [0.5, 0.6) is 0 Å². The number of rotatable bonds is 8. The van der Waals surface area contributed by atoms with Crippen LogP contribution in [-0.2, 0) is 4.74 Å². The van der Waals surface area contributed by atoms with E-state index in [0.29, 0.717) is 18.9 Å². The molecule has 1 atom stereocenters. The predicted molar refractivity (Wildman–Crippen MR) is 57.2 cm³/mol. The molecule has 0 bridgehead atoms. The van der Waals surface area contributed by atoms with E-state index in [0.717, 1.165) is 13.1 Å². The van der Waals surface area contributed by atoms with Crippen molar-refractivity contribution in [2.24, 2.45) is 11.7 Å². The van der Waals surface area contributed by atoms with Crippen molar-refractivity contribution < 1.29 is 17.9 Å². The van der Waals surface area contributed by atoms with Gasteiger partial charge >= 0.3 is 6.18 Å². The lowest BCUT2D eigenvalue weighted by Crippen LogP contribution is -2.29. The van der Waals surface area contributed by atoms with Gasteiger partial charge in [0.25, 0.3) is 0 Å². The summed E-state index contributed by atoms with van der Waals surface area (Å²) < 4.78 is 39.6. The van der Waals surface area contributed by atoms with Crippen LogP contribution in [-0.4, -0.2) is 51.0 Å². The molecule has 0 aliphatic carbocycles. The fourth-order valence-corrected chi connectivity index (χ4v) is 1.32. The van der Waals surface area contributed by atoms with E-state index in [4.69, 9.17) is 5.73 Å². The number of ether oxygens (including phenoxy) is 1. The van der Waals surface area contributed by atoms with Gasteiger partial charge in [-0.2, -0.15) is 13.2 Å². The maximum absolute atomic E-state index is 11.7. The summed E-state index contributed by atoms with van der Waals surface area (Å²) in [6.07, 6.45) is -3.62. The molecule has 0 heterocycles. The first kappa shape index (κ1) is 15.7. The molecular formula is C10H21F3N2O. The zero-order chi connectivity index (χ0) is 12.6. The smallest absolute Gasteiger partial charge is 0.372 e. The summed E-state index contributed by atoms with van der Waals surface area (Å²) in [6, 6.07) is 0. The van der Waals surface area contributed by atoms with Crippen LogP contribution in [0.4, 0.5) is 13.2 Å². The second kappa shape index (κ2) is 7.86. The number of hydrogen-bond donors (Lipinski definition) is 1. The van der Waals surface area contributed by atoms with E-state index >= 15 is 0 Å². The zero-order valence-corrected chi connectivity index (χ0v) is 9.89. The Hall–Kier alpha value is -0.330. The van der Waals surface area contributed by atoms with Gasteiger partial charge in [0.05, 0.1) is 0 Å². The Balaban J connectivity index is 3.38. The number of hydrogen-bond acceptors (Lipinski definition) is 3. The summed E-state index contributed by atoms with van der Waals surface area (Å²) in [7, 11) is 1.93. The van der Waals surface area contributed by atoms with Gasteiger partial charge in [0.2, 0.25) is 0 Å². The minimum absolute atomic E-state index is 0.140. The van der Waals surface area contributed by atoms with E-state index < -0.39 is 12.8 Å². The number of nitrogens with two attached hydrogens (primary N) is 1. The lowest BCUT2D eigenvalue weighted by Gasteiger charge is -2.20. The lowest BCUT2D eigenvalue weighted by molar-refractivity contribution is -0.174. The normalized spacial score (nSPS) is 14.4. The molecule has 16 heavy (non-hydrogen) atoms. The van der Waals surface area contributed by atoms with Gasteiger partial charge in [-0.15, -0.1) is 0 Å². The van der Waals surface area contributed by atoms with Crippen molar-refractivity contribution in [1.29, 1.82) is 0 Å². The van der Waals surface area contributed by atoms with Gasteiger partial charge in [0.1, 0.15) is 6.61 Å². The minimum atomic E-state index is -4.22. The molecule has 0 spiro atoms. The second-order valence-electron chi connectivity index (χ2n) is 4.12. The average Bonchev–Trinajstić information content (AvgIpc) is 2.15. The predicted octanol–water partition coefficient (Wildman–Crippen LogP) is 1.48. The first-order valence-electron chi connectivity index (χ1n) is 5.38. The van der Waals surface area contributed by atoms with E-state index in [9.17, 15) is 13.2 Å². The molecule has 0 aliphatic heterocycles. The van der Waals surface area contributed by atoms with Crippen molar-refractivity contribution in [2.75, 3.05) is 39.9 Å². The number of nitrogens with zero attached hydrogens (tertiary/aromatic N) is 1. The maximum Gasteiger partial charge on any atom is 0.411 e. The zero-order valence-electron chi connectivity index (χ0n) is 9.89. The van der Waals surface area contributed by atoms with Crippen molar-refractivity contribution in [3.05, 3.63) is 0 Å². The Bertz CT molecular complexity index is 176. The molecule has 0 aromatic rings. The molecule has 0 aromatic heterocycles. The summed E-state index contributed by atoms with van der Waals surface area (Å²) in [5.41, 5.74) is 5.47. The van der Waals surface area contributed by atoms with E-state index in [2.05, 4.69) is 9.64 Å². The first-order chi connectivity index (χ1) is 7.35. The van der Waals surface area contributed by atoms with Gasteiger partial charge in [-0.25, -0.2) is 0 Å². The highest BCUT2D eigenvalue weighted by Gasteiger charge is 2.27. The number of halogens is 3. The molecule has 3 nitrogen and oxygen atoms in total. The largest absolute Gasteiger partial charge is 0.411 e. The molecular weight excluding hydrogens is 221 g/mol. The lowest BCUT2D eigenvalue weighted by atomic mass is 10.2. The van der Waals surface area contributed by atoms with E-state index in [1.165, 1.54) is 0 Å². The SMILES string of the molecule is CC(CN)CN(C)CCCOCC(F)(F)F. The molecule has 6 heteroatoms. The van der Waals surface area contributed by atoms with Gasteiger partial charge in [-0.05, 0) is 25.9 Å². The summed E-state index contributed by atoms with van der Waals surface area (Å²) in [6.45, 7) is 3.22. The molecule has 1 unspecified atom stereocenters. The summed E-state index contributed by atoms with van der Waals surface area (Å²) >= 11 is 0. The molecule has 0 fully saturated rings. The standard InChI is InChI=1S/C10H21F3N2O/c1-9(6-14)7-15(2)4-3-5-16-8-10(11,12)13/h9H,3-8,14H2,1-2H3. The van der Waals surface area contributed by atoms with Crippen LogP contribution >= 0.6 is 0 Å². The quantitative estimate of drug-likeness (QED) is 0.655. The molecule has 0 amide bonds. The van der Waals surface area contributed by atoms with Gasteiger partial charge in [0, 0.05) is 19.7 Å². The Morgan fingerprint density at radius 3 is 2.50 bits per heavy atom. The molecule has 0 aliphatic rings. The van der Waals surface area contributed by atoms with Crippen LogP contribution in [0.2, 0.25) is 0 Å². The molecule has 98 valence electrons. The van der Waals surface area contributed by atoms with E-state index in [1.807, 2.05) is 14.0 Å². The monoisotopic (exact) mass is 242 g/mol. The van der Waals surface area contributed by atoms with Gasteiger partial charge in [-0.1, -0.05) is 6.92 Å². The van der Waals surface area contributed by atoms with E-state index in [-0.39, 0.29) is 6.61 Å². The van der Waals surface area contributed by atoms with Gasteiger partial charge in [-0.3, -0.25) is 0 Å². The molecule has 2 N–H and O–H groups in total. The highest BCUT2D eigenvalue weighted by Crippen LogP contribution is 2.14. The van der Waals surface area contributed by atoms with Gasteiger partial charge in [0.15, 0.2) is 0 Å². The van der Waals surface area contributed by atoms with Crippen molar-refractivity contribution in [2.45, 2.75) is 19.5 Å². The molecule has 0 saturated heterocycles. The molecule has 0 radical (unpaired) electrons. The van der Waals surface area contributed by atoms with Crippen LogP contribution in [0.15, 0.2) is 0 Å². The Morgan fingerprint density at radius 2 is 2.00 bits per heavy atom. The fraction of sp³-hybridized carbons (Fsp3) is 1.00. The Labute approximate surface area is 94.7 Å². The molecule has 0 saturated carbocycles. The summed E-state index contributed by atoms with van der Waals surface area (Å²) in [5, 5.41) is 0. The highest BCUT2D eigenvalue weighted by molar-refractivity contribution is 4.59. The summed E-state index contributed by atoms with van der Waals surface area (Å²) in [4.78, 5) is 2.05. The topological polar surface area (TPSA) is 38.5 Å². The van der Waals surface area contributed by atoms with Crippen molar-refractivity contribution in [3.8, 4) is 0 Å². The summed E-state index contributed by atoms with van der Waals surface area (Å²) in [5.74, 6) is 0.404. The van der Waals surface area contributed by atoms with Crippen LogP contribution in [0.25, 0.3) is 0 Å². The first-order valence-corrected chi connectivity index (χ1v) is 5.38. The fourth-order valence-electron chi connectivity index (χ4n) is 1.32. The Kier molecular flexibility index (Phi) is 7.70. The van der Waals surface area contributed by atoms with Crippen LogP contribution in [0, 0.1) is 5.92 Å². The van der Waals surface area contributed by atoms with Crippen LogP contribution < -0.4 is 5.73 Å². The third-order valence-corrected chi connectivity index (χ3v) is 2.12. The highest BCUT2D eigenvalue weighted by atomic mass is 19.4. The van der Waals surface area contributed by atoms with Crippen LogP contribution in [0.1, 0.15) is 13.3 Å². The van der Waals surface area contributed by atoms with Crippen molar-refractivity contribution in [1.82, 2.24) is 4.90 Å². The average molecular weight is 242 g/mol. The minimum Gasteiger partial charge on any atom is -0.372 e. The molecule has 0 aromatic carbocycles. The van der Waals surface area contributed by atoms with Gasteiger partial charge < -0.3 is 15.4 Å². The van der Waals surface area contributed by atoms with Crippen molar-refractivity contribution in [3.63, 3.8) is 0 Å². The molecule has 0 rings (SSSR count). The van der Waals surface area contributed by atoms with Crippen LogP contribution in [0.3, 0.4) is 0 Å². The maximum atomic E-state index is 11.7. The second-order valence-corrected chi connectivity index (χ2v) is 4.12. The Morgan fingerprint density at radius 1 is 1.38 bits per heavy atom. The number of alkyl halides is 3.